The highest BCUT2D eigenvalue weighted by Crippen LogP contribution is 2.65. The highest BCUT2D eigenvalue weighted by molar-refractivity contribution is 6.15. The maximum atomic E-state index is 4.09. The van der Waals surface area contributed by atoms with Crippen LogP contribution in [0.1, 0.15) is 46.2 Å². The first kappa shape index (κ1) is 46.3. The number of H-pyrrole nitrogens is 1. The molecule has 2 heterocycles. The molecule has 0 saturated heterocycles. The lowest BCUT2D eigenvalue weighted by Crippen LogP contribution is -2.26. The number of allylic oxidation sites excluding steroid dienone is 8. The Morgan fingerprint density at radius 2 is 1.12 bits per heavy atom. The third-order valence-corrected chi connectivity index (χ3v) is 17.9. The molecule has 1 N–H and O–H groups in total. The van der Waals surface area contributed by atoms with E-state index in [9.17, 15) is 0 Å². The zero-order valence-electron chi connectivity index (χ0n) is 44.9. The molecule has 0 bridgehead atoms. The highest BCUT2D eigenvalue weighted by Gasteiger charge is 2.53. The van der Waals surface area contributed by atoms with Crippen molar-refractivity contribution in [3.05, 3.63) is 330 Å². The predicted molar refractivity (Wildman–Crippen MR) is 342 cm³/mol. The Morgan fingerprint density at radius 3 is 1.93 bits per heavy atom. The van der Waals surface area contributed by atoms with E-state index in [-0.39, 0.29) is 0 Å². The Balaban J connectivity index is 0.809. The van der Waals surface area contributed by atoms with Crippen LogP contribution in [0.2, 0.25) is 0 Å². The van der Waals surface area contributed by atoms with E-state index in [2.05, 4.69) is 293 Å². The molecule has 0 amide bonds. The number of hydrogen-bond acceptors (Lipinski definition) is 1. The second-order valence-electron chi connectivity index (χ2n) is 22.1. The normalized spacial score (nSPS) is 15.4. The van der Waals surface area contributed by atoms with Gasteiger partial charge in [0.05, 0.1) is 27.7 Å². The minimum absolute atomic E-state index is 0.568. The van der Waals surface area contributed by atoms with E-state index in [0.29, 0.717) is 0 Å². The largest absolute Gasteiger partial charge is 0.354 e. The lowest BCUT2D eigenvalue weighted by atomic mass is 9.70. The Kier molecular flexibility index (Phi) is 10.3. The van der Waals surface area contributed by atoms with E-state index < -0.39 is 5.41 Å². The van der Waals surface area contributed by atoms with Gasteiger partial charge in [0.15, 0.2) is 0 Å². The van der Waals surface area contributed by atoms with Gasteiger partial charge in [-0.05, 0) is 164 Å². The molecular formula is C79H51N3. The summed E-state index contributed by atoms with van der Waals surface area (Å²) in [7, 11) is 0. The summed E-state index contributed by atoms with van der Waals surface area (Å²) in [6.07, 6.45) is 12.6. The first-order valence-corrected chi connectivity index (χ1v) is 28.5. The molecule has 0 fully saturated rings. The first-order chi connectivity index (χ1) is 40.7. The quantitative estimate of drug-likeness (QED) is 0.151. The summed E-state index contributed by atoms with van der Waals surface area (Å²) in [4.78, 5) is 6.55. The summed E-state index contributed by atoms with van der Waals surface area (Å²) < 4.78 is 2.39. The fourth-order valence-electron chi connectivity index (χ4n) is 14.4. The van der Waals surface area contributed by atoms with Crippen LogP contribution < -0.4 is 4.90 Å². The number of benzene rings is 11. The molecule has 82 heavy (non-hydrogen) atoms. The molecule has 4 aliphatic carbocycles. The predicted octanol–water partition coefficient (Wildman–Crippen LogP) is 20.3. The lowest BCUT2D eigenvalue weighted by Gasteiger charge is -2.32. The van der Waals surface area contributed by atoms with Crippen molar-refractivity contribution in [2.45, 2.75) is 18.3 Å². The zero-order valence-corrected chi connectivity index (χ0v) is 44.9. The van der Waals surface area contributed by atoms with E-state index in [1.165, 1.54) is 122 Å². The van der Waals surface area contributed by atoms with Gasteiger partial charge in [-0.25, -0.2) is 0 Å². The number of anilines is 2. The standard InChI is InChI=1S/C79H51N3/c1-4-19-51(20-5-1)52-35-41-58(42-36-52)81(73-33-16-12-25-60(73)53-21-6-2-7-22-53)59-43-37-54(38-44-59)61-29-18-32-71-76(61)66-28-11-15-31-70(66)79(71)69-30-14-10-26-62(69)64-45-46-65-67-49-55(39-47-72(67)80-78(65)77(64)79)56-40-48-75-68(50-56)63-27-13-17-34-74(63)82(75)57-23-8-3-9-24-57/h1-6,8-21,23-35,37-41,43-50,80H,36,42H2. The van der Waals surface area contributed by atoms with Gasteiger partial charge in [-0.15, -0.1) is 0 Å². The van der Waals surface area contributed by atoms with Crippen molar-refractivity contribution in [1.29, 1.82) is 0 Å². The topological polar surface area (TPSA) is 24.0 Å². The zero-order chi connectivity index (χ0) is 53.9. The summed E-state index contributed by atoms with van der Waals surface area (Å²) in [5.74, 6) is 0. The van der Waals surface area contributed by atoms with Crippen LogP contribution in [0.3, 0.4) is 0 Å². The summed E-state index contributed by atoms with van der Waals surface area (Å²) in [5.41, 5.74) is 35.4. The Hall–Kier alpha value is -10.7. The van der Waals surface area contributed by atoms with Crippen molar-refractivity contribution < 1.29 is 0 Å². The molecule has 1 atom stereocenters. The Bertz CT molecular complexity index is 5050. The SMILES string of the molecule is C1=C=C(c2ccccc2N(C2=CC=C(c3ccccc3)CC2)c2ccc(-c3cccc4c3-c3ccccc3C43c4ccccc4-c4ccc5c([nH]c6ccc(-c7ccc8c(c7)c7ccccc7n8-c7ccccc7)cc65)c43)cc2)C=CC=1. The second-order valence-corrected chi connectivity index (χ2v) is 22.1. The van der Waals surface area contributed by atoms with Gasteiger partial charge in [0.25, 0.3) is 0 Å². The van der Waals surface area contributed by atoms with E-state index in [0.717, 1.165) is 46.6 Å². The smallest absolute Gasteiger partial charge is 0.0746 e. The maximum absolute atomic E-state index is 4.09. The highest BCUT2D eigenvalue weighted by atomic mass is 15.2. The van der Waals surface area contributed by atoms with Gasteiger partial charge in [0, 0.05) is 60.8 Å². The van der Waals surface area contributed by atoms with E-state index >= 15 is 0 Å². The van der Waals surface area contributed by atoms with Gasteiger partial charge < -0.3 is 14.5 Å². The van der Waals surface area contributed by atoms with Crippen LogP contribution in [-0.4, -0.2) is 9.55 Å². The van der Waals surface area contributed by atoms with E-state index in [1.807, 2.05) is 12.2 Å². The minimum Gasteiger partial charge on any atom is -0.354 e. The number of para-hydroxylation sites is 3. The van der Waals surface area contributed by atoms with Crippen LogP contribution in [-0.2, 0) is 5.41 Å². The molecule has 1 spiro atoms. The monoisotopic (exact) mass is 1040 g/mol. The molecule has 382 valence electrons. The van der Waals surface area contributed by atoms with E-state index in [1.54, 1.807) is 0 Å². The van der Waals surface area contributed by atoms with Gasteiger partial charge in [0.1, 0.15) is 0 Å². The first-order valence-electron chi connectivity index (χ1n) is 28.5. The Labute approximate surface area is 476 Å². The van der Waals surface area contributed by atoms with Crippen molar-refractivity contribution in [3.8, 4) is 50.2 Å². The number of fused-ring (bicyclic) bond motifs is 17. The molecule has 0 aliphatic heterocycles. The molecule has 4 aliphatic rings. The number of nitrogens with one attached hydrogen (secondary N) is 1. The van der Waals surface area contributed by atoms with Crippen LogP contribution in [0.5, 0.6) is 0 Å². The number of aromatic amines is 1. The summed E-state index contributed by atoms with van der Waals surface area (Å²) >= 11 is 0. The van der Waals surface area contributed by atoms with Crippen molar-refractivity contribution >= 4 is 66.1 Å². The van der Waals surface area contributed by atoms with Crippen LogP contribution >= 0.6 is 0 Å². The molecule has 1 unspecified atom stereocenters. The number of rotatable bonds is 8. The summed E-state index contributed by atoms with van der Waals surface area (Å²) in [6.45, 7) is 0. The van der Waals surface area contributed by atoms with Crippen molar-refractivity contribution in [2.75, 3.05) is 4.90 Å². The van der Waals surface area contributed by atoms with Gasteiger partial charge in [-0.2, -0.15) is 0 Å². The lowest BCUT2D eigenvalue weighted by molar-refractivity contribution is 0.799. The number of hydrogen-bond donors (Lipinski definition) is 1. The van der Waals surface area contributed by atoms with Gasteiger partial charge in [0.2, 0.25) is 0 Å². The second kappa shape index (κ2) is 18.2. The molecular weight excluding hydrogens is 991 g/mol. The van der Waals surface area contributed by atoms with Crippen LogP contribution in [0, 0.1) is 0 Å². The fraction of sp³-hybridized carbons (Fsp3) is 0.0380. The van der Waals surface area contributed by atoms with Crippen LogP contribution in [0.4, 0.5) is 11.4 Å². The molecule has 2 aromatic heterocycles. The summed E-state index contributed by atoms with van der Waals surface area (Å²) in [5, 5.41) is 4.96. The molecule has 0 saturated carbocycles. The number of aromatic nitrogens is 2. The average Bonchev–Trinajstić information content (AvgIpc) is 1.58. The third kappa shape index (κ3) is 6.79. The minimum atomic E-state index is -0.568. The molecule has 13 aromatic rings. The van der Waals surface area contributed by atoms with Gasteiger partial charge in [-0.1, -0.05) is 212 Å². The van der Waals surface area contributed by atoms with Crippen LogP contribution in [0.25, 0.3) is 105 Å². The van der Waals surface area contributed by atoms with Crippen molar-refractivity contribution in [3.63, 3.8) is 0 Å². The Morgan fingerprint density at radius 1 is 0.451 bits per heavy atom. The summed E-state index contributed by atoms with van der Waals surface area (Å²) in [6, 6.07) is 92.5. The molecule has 0 radical (unpaired) electrons. The third-order valence-electron chi connectivity index (χ3n) is 17.9. The van der Waals surface area contributed by atoms with Gasteiger partial charge in [-0.3, -0.25) is 0 Å². The van der Waals surface area contributed by atoms with Crippen molar-refractivity contribution in [2.24, 2.45) is 0 Å². The molecule has 11 aromatic carbocycles. The number of nitrogens with zero attached hydrogens (tertiary/aromatic N) is 2. The van der Waals surface area contributed by atoms with Crippen LogP contribution in [0.15, 0.2) is 296 Å². The van der Waals surface area contributed by atoms with E-state index in [4.69, 9.17) is 0 Å². The van der Waals surface area contributed by atoms with Gasteiger partial charge >= 0.3 is 0 Å². The molecule has 17 rings (SSSR count). The van der Waals surface area contributed by atoms with Crippen molar-refractivity contribution in [1.82, 2.24) is 9.55 Å². The molecule has 3 heteroatoms. The maximum Gasteiger partial charge on any atom is 0.0746 e. The molecule has 3 nitrogen and oxygen atoms in total. The average molecular weight is 1040 g/mol. The fourth-order valence-corrected chi connectivity index (χ4v) is 14.4.